The Labute approximate surface area is 138 Å². The number of nitrogens with zero attached hydrogens (tertiary/aromatic N) is 3. The number of carbonyl (C=O) groups excluding carboxylic acids is 1. The molecule has 0 aliphatic carbocycles. The molecule has 24 heavy (non-hydrogen) atoms. The number of para-hydroxylation sites is 1. The van der Waals surface area contributed by atoms with Crippen molar-refractivity contribution >= 4 is 11.7 Å². The van der Waals surface area contributed by atoms with Gasteiger partial charge in [0, 0.05) is 18.9 Å². The summed E-state index contributed by atoms with van der Waals surface area (Å²) >= 11 is 0. The number of ether oxygens (including phenoxy) is 2. The zero-order valence-electron chi connectivity index (χ0n) is 12.9. The highest BCUT2D eigenvalue weighted by Crippen LogP contribution is 2.24. The van der Waals surface area contributed by atoms with Crippen molar-refractivity contribution in [3.05, 3.63) is 48.2 Å². The quantitative estimate of drug-likeness (QED) is 0.904. The molecule has 1 aromatic heterocycles. The normalized spacial score (nSPS) is 17.5. The number of anilines is 1. The fourth-order valence-electron chi connectivity index (χ4n) is 2.44. The van der Waals surface area contributed by atoms with Crippen LogP contribution in [0.2, 0.25) is 0 Å². The Morgan fingerprint density at radius 1 is 1.38 bits per heavy atom. The summed E-state index contributed by atoms with van der Waals surface area (Å²) in [7, 11) is 0. The molecule has 1 atom stereocenters. The molecule has 1 fully saturated rings. The van der Waals surface area contributed by atoms with Crippen LogP contribution in [0.25, 0.3) is 0 Å². The molecule has 1 unspecified atom stereocenters. The molecule has 8 heteroatoms. The van der Waals surface area contributed by atoms with Gasteiger partial charge in [0.05, 0.1) is 13.2 Å². The third kappa shape index (κ3) is 3.60. The van der Waals surface area contributed by atoms with Crippen LogP contribution in [0, 0.1) is 5.82 Å². The molecule has 126 valence electrons. The maximum Gasteiger partial charge on any atom is 0.260 e. The average Bonchev–Trinajstić information content (AvgIpc) is 2.61. The number of aromatic nitrogens is 2. The lowest BCUT2D eigenvalue weighted by atomic mass is 10.2. The highest BCUT2D eigenvalue weighted by atomic mass is 19.1. The summed E-state index contributed by atoms with van der Waals surface area (Å²) in [5, 5.41) is 0. The predicted octanol–water partition coefficient (Wildman–Crippen LogP) is 1.18. The zero-order chi connectivity index (χ0) is 16.9. The lowest BCUT2D eigenvalue weighted by Crippen LogP contribution is -2.44. The number of benzene rings is 1. The van der Waals surface area contributed by atoms with Crippen molar-refractivity contribution < 1.29 is 18.7 Å². The van der Waals surface area contributed by atoms with Crippen molar-refractivity contribution in [3.8, 4) is 5.75 Å². The zero-order valence-corrected chi connectivity index (χ0v) is 12.9. The van der Waals surface area contributed by atoms with Gasteiger partial charge in [-0.25, -0.2) is 9.37 Å². The molecule has 3 rings (SSSR count). The molecule has 2 N–H and O–H groups in total. The summed E-state index contributed by atoms with van der Waals surface area (Å²) in [6.45, 7) is 0.828. The minimum atomic E-state index is -0.502. The van der Waals surface area contributed by atoms with Crippen LogP contribution in [0.4, 0.5) is 10.2 Å². The van der Waals surface area contributed by atoms with Crippen LogP contribution in [0.5, 0.6) is 5.75 Å². The highest BCUT2D eigenvalue weighted by molar-refractivity contribution is 5.78. The van der Waals surface area contributed by atoms with Crippen molar-refractivity contribution in [2.45, 2.75) is 6.10 Å². The Bertz CT molecular complexity index is 728. The molecule has 2 aromatic rings. The Hall–Kier alpha value is -2.74. The third-order valence-corrected chi connectivity index (χ3v) is 3.67. The van der Waals surface area contributed by atoms with Gasteiger partial charge in [0.15, 0.2) is 18.2 Å². The van der Waals surface area contributed by atoms with E-state index in [9.17, 15) is 9.18 Å². The molecule has 7 nitrogen and oxygen atoms in total. The maximum absolute atomic E-state index is 13.5. The minimum absolute atomic E-state index is 0.0498. The summed E-state index contributed by atoms with van der Waals surface area (Å²) in [4.78, 5) is 22.0. The molecular formula is C16H17FN4O3. The first-order chi connectivity index (χ1) is 11.6. The van der Waals surface area contributed by atoms with Crippen molar-refractivity contribution in [2.75, 3.05) is 32.0 Å². The predicted molar refractivity (Wildman–Crippen MR) is 83.6 cm³/mol. The van der Waals surface area contributed by atoms with E-state index in [2.05, 4.69) is 9.97 Å². The number of amides is 1. The number of halogens is 1. The summed E-state index contributed by atoms with van der Waals surface area (Å²) in [5.74, 6) is -0.431. The number of nitrogens with two attached hydrogens (primary N) is 1. The average molecular weight is 332 g/mol. The number of morpholine rings is 1. The van der Waals surface area contributed by atoms with Gasteiger partial charge in [-0.05, 0) is 12.1 Å². The first kappa shape index (κ1) is 16.1. The van der Waals surface area contributed by atoms with Crippen LogP contribution in [-0.4, -0.2) is 47.1 Å². The number of hydrogen-bond donors (Lipinski definition) is 1. The number of rotatable bonds is 4. The van der Waals surface area contributed by atoms with Crippen LogP contribution in [-0.2, 0) is 9.53 Å². The monoisotopic (exact) mass is 332 g/mol. The van der Waals surface area contributed by atoms with Gasteiger partial charge in [0.25, 0.3) is 5.91 Å². The van der Waals surface area contributed by atoms with Crippen LogP contribution in [0.3, 0.4) is 0 Å². The van der Waals surface area contributed by atoms with Crippen molar-refractivity contribution in [3.63, 3.8) is 0 Å². The summed E-state index contributed by atoms with van der Waals surface area (Å²) in [6, 6.07) is 5.96. The van der Waals surface area contributed by atoms with Gasteiger partial charge < -0.3 is 20.1 Å². The van der Waals surface area contributed by atoms with E-state index in [4.69, 9.17) is 15.2 Å². The first-order valence-electron chi connectivity index (χ1n) is 7.48. The van der Waals surface area contributed by atoms with E-state index >= 15 is 0 Å². The van der Waals surface area contributed by atoms with Gasteiger partial charge in [-0.1, -0.05) is 12.1 Å². The summed E-state index contributed by atoms with van der Waals surface area (Å²) < 4.78 is 24.4. The minimum Gasteiger partial charge on any atom is -0.481 e. The molecule has 1 saturated heterocycles. The SMILES string of the molecule is Nc1nccnc1C1CN(C(=O)COc2ccccc2F)CCO1. The van der Waals surface area contributed by atoms with Crippen molar-refractivity contribution in [1.82, 2.24) is 14.9 Å². The van der Waals surface area contributed by atoms with Gasteiger partial charge >= 0.3 is 0 Å². The molecule has 0 bridgehead atoms. The molecule has 1 aromatic carbocycles. The second-order valence-electron chi connectivity index (χ2n) is 5.25. The number of hydrogen-bond acceptors (Lipinski definition) is 6. The van der Waals surface area contributed by atoms with E-state index < -0.39 is 11.9 Å². The summed E-state index contributed by atoms with van der Waals surface area (Å²) in [5.41, 5.74) is 6.31. The van der Waals surface area contributed by atoms with Crippen molar-refractivity contribution in [2.24, 2.45) is 0 Å². The Morgan fingerprint density at radius 3 is 2.96 bits per heavy atom. The molecule has 0 radical (unpaired) electrons. The fourth-order valence-corrected chi connectivity index (χ4v) is 2.44. The smallest absolute Gasteiger partial charge is 0.260 e. The highest BCUT2D eigenvalue weighted by Gasteiger charge is 2.28. The van der Waals surface area contributed by atoms with Gasteiger partial charge in [-0.15, -0.1) is 0 Å². The van der Waals surface area contributed by atoms with E-state index in [0.29, 0.717) is 25.4 Å². The second kappa shape index (κ2) is 7.22. The number of nitrogen functional groups attached to an aromatic ring is 1. The lowest BCUT2D eigenvalue weighted by Gasteiger charge is -2.32. The van der Waals surface area contributed by atoms with Crippen LogP contribution in [0.1, 0.15) is 11.8 Å². The molecular weight excluding hydrogens is 315 g/mol. The van der Waals surface area contributed by atoms with Gasteiger partial charge in [0.1, 0.15) is 17.6 Å². The molecule has 1 aliphatic heterocycles. The number of carbonyl (C=O) groups is 1. The molecule has 1 aliphatic rings. The first-order valence-corrected chi connectivity index (χ1v) is 7.48. The van der Waals surface area contributed by atoms with Crippen molar-refractivity contribution in [1.29, 1.82) is 0 Å². The van der Waals surface area contributed by atoms with Gasteiger partial charge in [-0.3, -0.25) is 9.78 Å². The Morgan fingerprint density at radius 2 is 2.17 bits per heavy atom. The fraction of sp³-hybridized carbons (Fsp3) is 0.312. The van der Waals surface area contributed by atoms with Crippen LogP contribution in [0.15, 0.2) is 36.7 Å². The van der Waals surface area contributed by atoms with E-state index in [1.54, 1.807) is 17.0 Å². The summed E-state index contributed by atoms with van der Waals surface area (Å²) in [6.07, 6.45) is 2.58. The van der Waals surface area contributed by atoms with Crippen LogP contribution >= 0.6 is 0 Å². The lowest BCUT2D eigenvalue weighted by molar-refractivity contribution is -0.141. The van der Waals surface area contributed by atoms with E-state index in [0.717, 1.165) is 0 Å². The van der Waals surface area contributed by atoms with E-state index in [1.165, 1.54) is 24.5 Å². The molecule has 0 saturated carbocycles. The molecule has 0 spiro atoms. The molecule has 1 amide bonds. The Balaban J connectivity index is 1.61. The van der Waals surface area contributed by atoms with Gasteiger partial charge in [0.2, 0.25) is 0 Å². The topological polar surface area (TPSA) is 90.6 Å². The third-order valence-electron chi connectivity index (χ3n) is 3.67. The largest absolute Gasteiger partial charge is 0.481 e. The van der Waals surface area contributed by atoms with E-state index in [1.807, 2.05) is 0 Å². The van der Waals surface area contributed by atoms with Gasteiger partial charge in [-0.2, -0.15) is 0 Å². The molecule has 2 heterocycles. The van der Waals surface area contributed by atoms with E-state index in [-0.39, 0.29) is 24.1 Å². The Kier molecular flexibility index (Phi) is 4.85. The second-order valence-corrected chi connectivity index (χ2v) is 5.25. The standard InChI is InChI=1S/C16H17FN4O3/c17-11-3-1-2-4-12(11)24-10-14(22)21-7-8-23-13(9-21)15-16(18)20-6-5-19-15/h1-6,13H,7-10H2,(H2,18,20). The van der Waals surface area contributed by atoms with Crippen LogP contribution < -0.4 is 10.5 Å². The maximum atomic E-state index is 13.5.